The molecule has 248 valence electrons. The molecule has 3 heterocycles. The molecule has 1 saturated carbocycles. The van der Waals surface area contributed by atoms with Crippen LogP contribution in [0.15, 0.2) is 17.1 Å². The van der Waals surface area contributed by atoms with Crippen molar-refractivity contribution in [3.8, 4) is 11.8 Å². The maximum atomic E-state index is 13.3. The van der Waals surface area contributed by atoms with Gasteiger partial charge in [-0.05, 0) is 101 Å². The van der Waals surface area contributed by atoms with Crippen LogP contribution in [0.4, 0.5) is 23.8 Å². The highest BCUT2D eigenvalue weighted by atomic mass is 79.9. The molecule has 0 unspecified atom stereocenters. The molecule has 9 nitrogen and oxygen atoms in total. The average molecular weight is 699 g/mol. The summed E-state index contributed by atoms with van der Waals surface area (Å²) in [6.45, 7) is 10.5. The molecule has 1 aromatic carbocycles. The number of carbonyl (C=O) groups excluding carboxylic acids is 1. The van der Waals surface area contributed by atoms with Crippen molar-refractivity contribution < 1.29 is 32.2 Å². The highest BCUT2D eigenvalue weighted by Gasteiger charge is 2.48. The Bertz CT molecular complexity index is 1410. The van der Waals surface area contributed by atoms with E-state index >= 15 is 0 Å². The summed E-state index contributed by atoms with van der Waals surface area (Å²) in [5.74, 6) is 0.563. The molecule has 2 aliphatic heterocycles. The fourth-order valence-electron chi connectivity index (χ4n) is 6.48. The minimum atomic E-state index is -4.53. The zero-order valence-corrected chi connectivity index (χ0v) is 28.3. The molecule has 0 N–H and O–H groups in total. The van der Waals surface area contributed by atoms with E-state index in [0.29, 0.717) is 53.5 Å². The Balaban J connectivity index is 1.43. The normalized spacial score (nSPS) is 22.0. The number of aromatic nitrogens is 2. The van der Waals surface area contributed by atoms with Crippen LogP contribution in [0.5, 0.6) is 11.8 Å². The maximum absolute atomic E-state index is 13.3. The molecule has 2 saturated heterocycles. The second kappa shape index (κ2) is 12.8. The van der Waals surface area contributed by atoms with Crippen molar-refractivity contribution >= 4 is 44.8 Å². The number of carbonyl (C=O) groups is 1. The third-order valence-electron chi connectivity index (χ3n) is 8.95. The van der Waals surface area contributed by atoms with Crippen LogP contribution in [0.2, 0.25) is 0 Å². The van der Waals surface area contributed by atoms with Gasteiger partial charge in [0.2, 0.25) is 0 Å². The second-order valence-electron chi connectivity index (χ2n) is 13.8. The molecule has 3 aliphatic rings. The van der Waals surface area contributed by atoms with Gasteiger partial charge in [0.25, 0.3) is 0 Å². The molecule has 0 bridgehead atoms. The Kier molecular flexibility index (Phi) is 9.53. The number of likely N-dealkylation sites (tertiary alicyclic amines) is 1. The highest BCUT2D eigenvalue weighted by molar-refractivity contribution is 9.10. The van der Waals surface area contributed by atoms with E-state index in [2.05, 4.69) is 51.4 Å². The zero-order chi connectivity index (χ0) is 32.7. The van der Waals surface area contributed by atoms with Gasteiger partial charge < -0.3 is 28.9 Å². The van der Waals surface area contributed by atoms with Crippen molar-refractivity contribution in [3.05, 3.63) is 22.7 Å². The molecule has 0 radical (unpaired) electrons. The van der Waals surface area contributed by atoms with E-state index in [9.17, 15) is 18.0 Å². The number of halogens is 4. The van der Waals surface area contributed by atoms with E-state index < -0.39 is 18.4 Å². The number of anilines is 1. The number of hydrogen-bond donors (Lipinski definition) is 0. The first-order chi connectivity index (χ1) is 21.1. The van der Waals surface area contributed by atoms with Gasteiger partial charge in [-0.25, -0.2) is 4.79 Å². The van der Waals surface area contributed by atoms with E-state index in [1.54, 1.807) is 11.0 Å². The van der Waals surface area contributed by atoms with Gasteiger partial charge in [-0.2, -0.15) is 23.1 Å². The summed E-state index contributed by atoms with van der Waals surface area (Å²) < 4.78 is 57.5. The lowest BCUT2D eigenvalue weighted by Crippen LogP contribution is -2.62. The first-order valence-corrected chi connectivity index (χ1v) is 16.3. The van der Waals surface area contributed by atoms with E-state index in [-0.39, 0.29) is 34.9 Å². The van der Waals surface area contributed by atoms with Crippen molar-refractivity contribution in [3.63, 3.8) is 0 Å². The summed E-state index contributed by atoms with van der Waals surface area (Å²) in [6, 6.07) is 2.43. The molecule has 1 amide bonds. The van der Waals surface area contributed by atoms with Crippen LogP contribution in [0.3, 0.4) is 0 Å². The Morgan fingerprint density at radius 1 is 1.13 bits per heavy atom. The lowest BCUT2D eigenvalue weighted by molar-refractivity contribution is -0.153. The molecule has 2 aromatic rings. The number of hydrogen-bond acceptors (Lipinski definition) is 8. The molecule has 0 atom stereocenters. The Morgan fingerprint density at radius 2 is 1.78 bits per heavy atom. The highest BCUT2D eigenvalue weighted by Crippen LogP contribution is 2.45. The Morgan fingerprint density at radius 3 is 2.33 bits per heavy atom. The largest absolute Gasteiger partial charge is 0.481 e. The first-order valence-electron chi connectivity index (χ1n) is 15.5. The van der Waals surface area contributed by atoms with Crippen LogP contribution in [0, 0.1) is 5.41 Å². The molecule has 3 fully saturated rings. The van der Waals surface area contributed by atoms with Gasteiger partial charge in [0.15, 0.2) is 12.4 Å². The molecule has 5 rings (SSSR count). The average Bonchev–Trinajstić information content (AvgIpc) is 2.93. The van der Waals surface area contributed by atoms with Gasteiger partial charge in [-0.15, -0.1) is 0 Å². The molecular weight excluding hydrogens is 655 g/mol. The summed E-state index contributed by atoms with van der Waals surface area (Å²) in [5, 5.41) is 0.564. The molecular formula is C32H43BrF3N5O4. The van der Waals surface area contributed by atoms with Crippen LogP contribution in [-0.2, 0) is 4.74 Å². The Labute approximate surface area is 271 Å². The van der Waals surface area contributed by atoms with E-state index in [1.165, 1.54) is 0 Å². The summed E-state index contributed by atoms with van der Waals surface area (Å²) in [7, 11) is 4.15. The molecule has 1 aromatic heterocycles. The zero-order valence-electron chi connectivity index (χ0n) is 26.7. The van der Waals surface area contributed by atoms with Gasteiger partial charge in [-0.1, -0.05) is 12.7 Å². The van der Waals surface area contributed by atoms with E-state index in [1.807, 2.05) is 26.8 Å². The van der Waals surface area contributed by atoms with Gasteiger partial charge >= 0.3 is 18.3 Å². The smallest absolute Gasteiger partial charge is 0.422 e. The number of piperidine rings is 1. The summed E-state index contributed by atoms with van der Waals surface area (Å²) >= 11 is 3.44. The van der Waals surface area contributed by atoms with Gasteiger partial charge in [0.1, 0.15) is 23.0 Å². The second-order valence-corrected chi connectivity index (χ2v) is 14.6. The summed E-state index contributed by atoms with van der Waals surface area (Å²) in [4.78, 5) is 28.2. The van der Waals surface area contributed by atoms with Crippen molar-refractivity contribution in [2.45, 2.75) is 83.2 Å². The van der Waals surface area contributed by atoms with Crippen molar-refractivity contribution in [2.24, 2.45) is 5.41 Å². The Hall–Kier alpha value is -2.80. The van der Waals surface area contributed by atoms with Gasteiger partial charge in [0.05, 0.1) is 4.47 Å². The van der Waals surface area contributed by atoms with Crippen LogP contribution < -0.4 is 14.4 Å². The molecule has 13 heteroatoms. The SMILES string of the molecule is C=Cc1cc2c(N3CCC4(CC3)CN(C(=O)OC(C)(C)C)C4)nc(O[C@H]3CC[C@@H](N(C)C)CC3)nc2c(OCC(F)(F)F)c1Br. The lowest BCUT2D eigenvalue weighted by atomic mass is 9.72. The number of fused-ring (bicyclic) bond motifs is 1. The summed E-state index contributed by atoms with van der Waals surface area (Å²) in [6.07, 6.45) is 1.89. The standard InChI is InChI=1S/C32H43BrF3N5O4/c1-7-20-16-23-25(26(24(20)33)43-19-32(34,35)36)37-28(44-22-10-8-21(9-11-22)39(5)6)38-27(23)40-14-12-31(13-15-40)17-41(18-31)29(42)45-30(2,3)4/h7,16,21-22H,1,8-15,17-19H2,2-6H3/t21-,22+. The minimum Gasteiger partial charge on any atom is -0.481 e. The fraction of sp³-hybridized carbons (Fsp3) is 0.656. The molecule has 1 spiro atoms. The van der Waals surface area contributed by atoms with Crippen LogP contribution >= 0.6 is 15.9 Å². The summed E-state index contributed by atoms with van der Waals surface area (Å²) in [5.41, 5.74) is 0.265. The van der Waals surface area contributed by atoms with Gasteiger partial charge in [0, 0.05) is 43.0 Å². The third kappa shape index (κ3) is 7.78. The topological polar surface area (TPSA) is 80.3 Å². The molecule has 45 heavy (non-hydrogen) atoms. The number of nitrogens with zero attached hydrogens (tertiary/aromatic N) is 5. The van der Waals surface area contributed by atoms with Crippen LogP contribution in [0.1, 0.15) is 64.9 Å². The lowest BCUT2D eigenvalue weighted by Gasteiger charge is -2.53. The predicted octanol–water partition coefficient (Wildman–Crippen LogP) is 7.07. The van der Waals surface area contributed by atoms with Crippen LogP contribution in [0.25, 0.3) is 17.0 Å². The van der Waals surface area contributed by atoms with Crippen molar-refractivity contribution in [1.82, 2.24) is 19.8 Å². The minimum absolute atomic E-state index is 0.00305. The monoisotopic (exact) mass is 697 g/mol. The molecule has 1 aliphatic carbocycles. The quantitative estimate of drug-likeness (QED) is 0.304. The predicted molar refractivity (Wildman–Crippen MR) is 171 cm³/mol. The van der Waals surface area contributed by atoms with E-state index in [0.717, 1.165) is 38.5 Å². The van der Waals surface area contributed by atoms with Gasteiger partial charge in [-0.3, -0.25) is 0 Å². The van der Waals surface area contributed by atoms with E-state index in [4.69, 9.17) is 19.2 Å². The number of amides is 1. The number of rotatable bonds is 7. The third-order valence-corrected chi connectivity index (χ3v) is 9.76. The van der Waals surface area contributed by atoms with Crippen molar-refractivity contribution in [2.75, 3.05) is 51.8 Å². The maximum Gasteiger partial charge on any atom is 0.422 e. The number of benzene rings is 1. The number of ether oxygens (including phenoxy) is 3. The first kappa shape index (κ1) is 33.6. The number of alkyl halides is 3. The van der Waals surface area contributed by atoms with Crippen LogP contribution in [-0.4, -0.2) is 96.7 Å². The van der Waals surface area contributed by atoms with Crippen molar-refractivity contribution in [1.29, 1.82) is 0 Å². The fourth-order valence-corrected chi connectivity index (χ4v) is 7.06.